The Bertz CT molecular complexity index is 385. The lowest BCUT2D eigenvalue weighted by Gasteiger charge is -2.21. The first-order valence-corrected chi connectivity index (χ1v) is 5.87. The summed E-state index contributed by atoms with van der Waals surface area (Å²) in [6, 6.07) is -0.00731. The van der Waals surface area contributed by atoms with Gasteiger partial charge in [0.15, 0.2) is 0 Å². The molecule has 17 heavy (non-hydrogen) atoms. The van der Waals surface area contributed by atoms with Crippen molar-refractivity contribution in [1.82, 2.24) is 15.1 Å². The molecule has 1 amide bonds. The van der Waals surface area contributed by atoms with E-state index in [1.54, 1.807) is 17.9 Å². The van der Waals surface area contributed by atoms with Crippen molar-refractivity contribution in [3.05, 3.63) is 17.5 Å². The van der Waals surface area contributed by atoms with Crippen LogP contribution in [0.25, 0.3) is 0 Å². The first-order chi connectivity index (χ1) is 7.97. The van der Waals surface area contributed by atoms with Crippen LogP contribution in [-0.4, -0.2) is 33.4 Å². The first kappa shape index (κ1) is 13.7. The molecule has 96 valence electrons. The molecule has 5 nitrogen and oxygen atoms in total. The number of carbonyl (C=O) groups excluding carboxylic acids is 1. The molecule has 0 bridgehead atoms. The van der Waals surface area contributed by atoms with Gasteiger partial charge in [0.25, 0.3) is 5.91 Å². The largest absolute Gasteiger partial charge is 0.396 e. The highest BCUT2D eigenvalue weighted by Gasteiger charge is 2.19. The molecule has 1 atom stereocenters. The summed E-state index contributed by atoms with van der Waals surface area (Å²) >= 11 is 0. The summed E-state index contributed by atoms with van der Waals surface area (Å²) in [4.78, 5) is 12.0. The molecule has 1 aromatic heterocycles. The maximum Gasteiger partial charge on any atom is 0.254 e. The molecule has 0 saturated carbocycles. The van der Waals surface area contributed by atoms with Gasteiger partial charge in [-0.15, -0.1) is 0 Å². The quantitative estimate of drug-likeness (QED) is 0.801. The van der Waals surface area contributed by atoms with Crippen LogP contribution < -0.4 is 5.32 Å². The van der Waals surface area contributed by atoms with E-state index in [0.717, 1.165) is 5.69 Å². The van der Waals surface area contributed by atoms with E-state index in [9.17, 15) is 4.79 Å². The molecule has 0 aliphatic carbocycles. The molecule has 0 aliphatic rings. The summed E-state index contributed by atoms with van der Waals surface area (Å²) in [5, 5.41) is 15.9. The fourth-order valence-electron chi connectivity index (χ4n) is 1.68. The van der Waals surface area contributed by atoms with Crippen molar-refractivity contribution < 1.29 is 9.90 Å². The Morgan fingerprint density at radius 1 is 1.59 bits per heavy atom. The minimum Gasteiger partial charge on any atom is -0.396 e. The molecule has 1 unspecified atom stereocenters. The van der Waals surface area contributed by atoms with Crippen molar-refractivity contribution in [1.29, 1.82) is 0 Å². The van der Waals surface area contributed by atoms with Crippen molar-refractivity contribution in [2.24, 2.45) is 13.0 Å². The molecule has 0 aromatic carbocycles. The van der Waals surface area contributed by atoms with Crippen molar-refractivity contribution in [2.75, 3.05) is 6.61 Å². The lowest BCUT2D eigenvalue weighted by molar-refractivity contribution is 0.0916. The van der Waals surface area contributed by atoms with Gasteiger partial charge in [-0.1, -0.05) is 13.8 Å². The minimum atomic E-state index is -0.122. The number of nitrogens with one attached hydrogen (secondary N) is 1. The Labute approximate surface area is 102 Å². The number of aryl methyl sites for hydroxylation is 1. The predicted octanol–water partition coefficient (Wildman–Crippen LogP) is 0.865. The number of aliphatic hydroxyl groups is 1. The number of hydrogen-bond acceptors (Lipinski definition) is 3. The van der Waals surface area contributed by atoms with Gasteiger partial charge in [-0.3, -0.25) is 9.48 Å². The Hall–Kier alpha value is -1.36. The number of nitrogens with zero attached hydrogens (tertiary/aromatic N) is 2. The van der Waals surface area contributed by atoms with Crippen molar-refractivity contribution in [3.63, 3.8) is 0 Å². The van der Waals surface area contributed by atoms with E-state index in [2.05, 4.69) is 10.4 Å². The Morgan fingerprint density at radius 2 is 2.24 bits per heavy atom. The van der Waals surface area contributed by atoms with E-state index in [0.29, 0.717) is 17.9 Å². The standard InChI is InChI=1S/C12H21N3O2/c1-8(2)11(5-6-16)14-12(17)10-7-13-15(4)9(10)3/h7-8,11,16H,5-6H2,1-4H3,(H,14,17). The maximum atomic E-state index is 12.0. The van der Waals surface area contributed by atoms with Gasteiger partial charge in [0.1, 0.15) is 0 Å². The van der Waals surface area contributed by atoms with Crippen LogP contribution in [0.3, 0.4) is 0 Å². The van der Waals surface area contributed by atoms with Gasteiger partial charge in [-0.2, -0.15) is 5.10 Å². The zero-order chi connectivity index (χ0) is 13.0. The SMILES string of the molecule is Cc1c(C(=O)NC(CCO)C(C)C)cnn1C. The first-order valence-electron chi connectivity index (χ1n) is 5.87. The van der Waals surface area contributed by atoms with Crippen LogP contribution in [0, 0.1) is 12.8 Å². The second kappa shape index (κ2) is 5.82. The van der Waals surface area contributed by atoms with Gasteiger partial charge >= 0.3 is 0 Å². The fraction of sp³-hybridized carbons (Fsp3) is 0.667. The molecule has 0 saturated heterocycles. The Balaban J connectivity index is 2.74. The molecular weight excluding hydrogens is 218 g/mol. The van der Waals surface area contributed by atoms with Gasteiger partial charge in [0.2, 0.25) is 0 Å². The molecule has 0 fully saturated rings. The second-order valence-corrected chi connectivity index (χ2v) is 4.60. The Kier molecular flexibility index (Phi) is 4.69. The zero-order valence-electron chi connectivity index (χ0n) is 10.9. The normalized spacial score (nSPS) is 12.8. The average Bonchev–Trinajstić information content (AvgIpc) is 2.59. The van der Waals surface area contributed by atoms with Crippen LogP contribution in [0.2, 0.25) is 0 Å². The van der Waals surface area contributed by atoms with Crippen LogP contribution in [-0.2, 0) is 7.05 Å². The molecular formula is C12H21N3O2. The van der Waals surface area contributed by atoms with E-state index in [1.807, 2.05) is 20.8 Å². The summed E-state index contributed by atoms with van der Waals surface area (Å²) in [6.45, 7) is 5.99. The van der Waals surface area contributed by atoms with Crippen LogP contribution in [0.15, 0.2) is 6.20 Å². The summed E-state index contributed by atoms with van der Waals surface area (Å²) in [7, 11) is 1.81. The summed E-state index contributed by atoms with van der Waals surface area (Å²) < 4.78 is 1.67. The summed E-state index contributed by atoms with van der Waals surface area (Å²) in [5.74, 6) is 0.172. The van der Waals surface area contributed by atoms with E-state index in [-0.39, 0.29) is 18.6 Å². The maximum absolute atomic E-state index is 12.0. The lowest BCUT2D eigenvalue weighted by Crippen LogP contribution is -2.39. The molecule has 1 aromatic rings. The number of amides is 1. The second-order valence-electron chi connectivity index (χ2n) is 4.60. The number of rotatable bonds is 5. The third-order valence-corrected chi connectivity index (χ3v) is 3.04. The third-order valence-electron chi connectivity index (χ3n) is 3.04. The third kappa shape index (κ3) is 3.30. The summed E-state index contributed by atoms with van der Waals surface area (Å²) in [6.07, 6.45) is 2.14. The van der Waals surface area contributed by atoms with Crippen molar-refractivity contribution in [2.45, 2.75) is 33.2 Å². The number of aliphatic hydroxyl groups excluding tert-OH is 1. The molecule has 2 N–H and O–H groups in total. The Morgan fingerprint density at radius 3 is 2.65 bits per heavy atom. The molecule has 0 aliphatic heterocycles. The highest BCUT2D eigenvalue weighted by atomic mass is 16.3. The average molecular weight is 239 g/mol. The van der Waals surface area contributed by atoms with Crippen molar-refractivity contribution >= 4 is 5.91 Å². The topological polar surface area (TPSA) is 67.2 Å². The highest BCUT2D eigenvalue weighted by molar-refractivity contribution is 5.95. The van der Waals surface area contributed by atoms with Gasteiger partial charge in [0, 0.05) is 25.4 Å². The van der Waals surface area contributed by atoms with Crippen LogP contribution in [0.5, 0.6) is 0 Å². The monoisotopic (exact) mass is 239 g/mol. The predicted molar refractivity (Wildman–Crippen MR) is 65.7 cm³/mol. The molecule has 0 radical (unpaired) electrons. The fourth-order valence-corrected chi connectivity index (χ4v) is 1.68. The van der Waals surface area contributed by atoms with Gasteiger partial charge in [-0.25, -0.2) is 0 Å². The highest BCUT2D eigenvalue weighted by Crippen LogP contribution is 2.10. The molecule has 1 rings (SSSR count). The smallest absolute Gasteiger partial charge is 0.254 e. The van der Waals surface area contributed by atoms with Gasteiger partial charge < -0.3 is 10.4 Å². The van der Waals surface area contributed by atoms with Crippen LogP contribution >= 0.6 is 0 Å². The number of aromatic nitrogens is 2. The number of carbonyl (C=O) groups is 1. The van der Waals surface area contributed by atoms with E-state index < -0.39 is 0 Å². The zero-order valence-corrected chi connectivity index (χ0v) is 10.9. The lowest BCUT2D eigenvalue weighted by atomic mass is 10.0. The molecule has 5 heteroatoms. The van der Waals surface area contributed by atoms with Gasteiger partial charge in [-0.05, 0) is 19.3 Å². The van der Waals surface area contributed by atoms with Crippen LogP contribution in [0.1, 0.15) is 36.3 Å². The van der Waals surface area contributed by atoms with E-state index in [1.165, 1.54) is 0 Å². The van der Waals surface area contributed by atoms with Crippen LogP contribution in [0.4, 0.5) is 0 Å². The molecule has 0 spiro atoms. The minimum absolute atomic E-state index is 0.00731. The van der Waals surface area contributed by atoms with E-state index in [4.69, 9.17) is 5.11 Å². The summed E-state index contributed by atoms with van der Waals surface area (Å²) in [5.41, 5.74) is 1.44. The number of hydrogen-bond donors (Lipinski definition) is 2. The van der Waals surface area contributed by atoms with E-state index >= 15 is 0 Å². The van der Waals surface area contributed by atoms with Gasteiger partial charge in [0.05, 0.1) is 11.8 Å². The van der Waals surface area contributed by atoms with Crippen molar-refractivity contribution in [3.8, 4) is 0 Å². The molecule has 1 heterocycles.